The van der Waals surface area contributed by atoms with Crippen LogP contribution in [0.4, 0.5) is 0 Å². The van der Waals surface area contributed by atoms with E-state index in [-0.39, 0.29) is 5.25 Å². The molecule has 2 fully saturated rings. The lowest BCUT2D eigenvalue weighted by atomic mass is 9.80. The molecule has 112 valence electrons. The number of alkyl halides is 1. The molecule has 6 heteroatoms. The molecule has 0 aromatic carbocycles. The van der Waals surface area contributed by atoms with E-state index in [2.05, 4.69) is 4.72 Å². The first kappa shape index (κ1) is 15.5. The van der Waals surface area contributed by atoms with Crippen LogP contribution in [0.3, 0.4) is 0 Å². The van der Waals surface area contributed by atoms with E-state index in [1.54, 1.807) is 0 Å². The Balaban J connectivity index is 1.85. The number of hydrogen-bond acceptors (Lipinski definition) is 3. The molecule has 4 nitrogen and oxygen atoms in total. The van der Waals surface area contributed by atoms with Crippen LogP contribution in [0.15, 0.2) is 0 Å². The molecule has 0 bridgehead atoms. The van der Waals surface area contributed by atoms with Crippen LogP contribution in [0.25, 0.3) is 0 Å². The minimum Gasteiger partial charge on any atom is -0.381 e. The summed E-state index contributed by atoms with van der Waals surface area (Å²) in [5.74, 6) is 1.51. The van der Waals surface area contributed by atoms with Gasteiger partial charge in [-0.05, 0) is 37.5 Å². The maximum Gasteiger partial charge on any atom is 0.214 e. The van der Waals surface area contributed by atoms with Gasteiger partial charge in [0.1, 0.15) is 0 Å². The van der Waals surface area contributed by atoms with Gasteiger partial charge < -0.3 is 4.74 Å². The van der Waals surface area contributed by atoms with E-state index in [1.807, 2.05) is 0 Å². The summed E-state index contributed by atoms with van der Waals surface area (Å²) in [6.45, 7) is 1.66. The first-order chi connectivity index (χ1) is 9.13. The van der Waals surface area contributed by atoms with Crippen LogP contribution in [0.1, 0.15) is 38.5 Å². The highest BCUT2D eigenvalue weighted by atomic mass is 35.5. The second-order valence-electron chi connectivity index (χ2n) is 5.66. The molecule has 2 aliphatic rings. The van der Waals surface area contributed by atoms with Crippen molar-refractivity contribution in [3.05, 3.63) is 0 Å². The van der Waals surface area contributed by atoms with Gasteiger partial charge in [0.2, 0.25) is 10.0 Å². The van der Waals surface area contributed by atoms with E-state index in [0.717, 1.165) is 12.8 Å². The molecule has 1 aliphatic heterocycles. The van der Waals surface area contributed by atoms with Crippen molar-refractivity contribution in [1.29, 1.82) is 0 Å². The van der Waals surface area contributed by atoms with Gasteiger partial charge in [0.05, 0.1) is 5.25 Å². The maximum atomic E-state index is 12.2. The van der Waals surface area contributed by atoms with Crippen molar-refractivity contribution in [3.8, 4) is 0 Å². The summed E-state index contributed by atoms with van der Waals surface area (Å²) in [5.41, 5.74) is 0. The van der Waals surface area contributed by atoms with Gasteiger partial charge in [-0.2, -0.15) is 0 Å². The van der Waals surface area contributed by atoms with Crippen LogP contribution in [-0.2, 0) is 14.8 Å². The summed E-state index contributed by atoms with van der Waals surface area (Å²) < 4.78 is 32.5. The lowest BCUT2D eigenvalue weighted by Gasteiger charge is -2.31. The third kappa shape index (κ3) is 4.31. The zero-order chi connectivity index (χ0) is 13.7. The minimum atomic E-state index is -3.19. The van der Waals surface area contributed by atoms with E-state index < -0.39 is 10.0 Å². The Kier molecular flexibility index (Phi) is 5.93. The second-order valence-corrected chi connectivity index (χ2v) is 8.02. The van der Waals surface area contributed by atoms with Gasteiger partial charge in [-0.3, -0.25) is 0 Å². The fourth-order valence-electron chi connectivity index (χ4n) is 3.08. The molecule has 0 aromatic heterocycles. The lowest BCUT2D eigenvalue weighted by Crippen LogP contribution is -2.41. The zero-order valence-corrected chi connectivity index (χ0v) is 12.9. The molecule has 1 saturated carbocycles. The van der Waals surface area contributed by atoms with Crippen LogP contribution < -0.4 is 4.72 Å². The molecule has 0 radical (unpaired) electrons. The summed E-state index contributed by atoms with van der Waals surface area (Å²) in [4.78, 5) is 0. The third-order valence-corrected chi connectivity index (χ3v) is 6.73. The fourth-order valence-corrected chi connectivity index (χ4v) is 4.99. The quantitative estimate of drug-likeness (QED) is 0.792. The molecule has 1 aliphatic carbocycles. The zero-order valence-electron chi connectivity index (χ0n) is 11.3. The second kappa shape index (κ2) is 7.25. The molecule has 0 aromatic rings. The van der Waals surface area contributed by atoms with Crippen molar-refractivity contribution in [2.24, 2.45) is 11.8 Å². The molecule has 0 amide bonds. The summed E-state index contributed by atoms with van der Waals surface area (Å²) in [7, 11) is -3.19. The Morgan fingerprint density at radius 3 is 2.32 bits per heavy atom. The Morgan fingerprint density at radius 2 is 1.68 bits per heavy atom. The minimum absolute atomic E-state index is 0.278. The molecule has 0 spiro atoms. The van der Waals surface area contributed by atoms with E-state index in [0.29, 0.717) is 50.3 Å². The molecule has 1 heterocycles. The van der Waals surface area contributed by atoms with Gasteiger partial charge in [0, 0.05) is 25.6 Å². The van der Waals surface area contributed by atoms with Crippen LogP contribution in [-0.4, -0.2) is 39.3 Å². The maximum absolute atomic E-state index is 12.2. The van der Waals surface area contributed by atoms with Crippen LogP contribution in [0, 0.1) is 11.8 Å². The number of rotatable bonds is 5. The smallest absolute Gasteiger partial charge is 0.214 e. The normalized spacial score (nSPS) is 30.4. The number of sulfonamides is 1. The summed E-state index contributed by atoms with van der Waals surface area (Å²) in [6, 6.07) is 0. The van der Waals surface area contributed by atoms with Gasteiger partial charge in [-0.25, -0.2) is 13.1 Å². The van der Waals surface area contributed by atoms with Gasteiger partial charge in [-0.15, -0.1) is 11.6 Å². The highest BCUT2D eigenvalue weighted by Gasteiger charge is 2.30. The Morgan fingerprint density at radius 1 is 1.05 bits per heavy atom. The van der Waals surface area contributed by atoms with Gasteiger partial charge >= 0.3 is 0 Å². The standard InChI is InChI=1S/C13H24ClNO3S/c14-9-11-3-1-2-4-12(11)10-15-19(16,17)13-5-7-18-8-6-13/h11-13,15H,1-10H2. The van der Waals surface area contributed by atoms with E-state index in [9.17, 15) is 8.42 Å². The molecule has 19 heavy (non-hydrogen) atoms. The molecule has 1 saturated heterocycles. The fraction of sp³-hybridized carbons (Fsp3) is 1.00. The predicted octanol–water partition coefficient (Wildman–Crippen LogP) is 2.13. The van der Waals surface area contributed by atoms with Crippen molar-refractivity contribution in [1.82, 2.24) is 4.72 Å². The topological polar surface area (TPSA) is 55.4 Å². The van der Waals surface area contributed by atoms with Crippen LogP contribution in [0.5, 0.6) is 0 Å². The van der Waals surface area contributed by atoms with Crippen molar-refractivity contribution >= 4 is 21.6 Å². The SMILES string of the molecule is O=S(=O)(NCC1CCCCC1CCl)C1CCOCC1. The van der Waals surface area contributed by atoms with Crippen LogP contribution in [0.2, 0.25) is 0 Å². The highest BCUT2D eigenvalue weighted by molar-refractivity contribution is 7.90. The summed E-state index contributed by atoms with van der Waals surface area (Å²) in [5, 5.41) is -0.278. The van der Waals surface area contributed by atoms with Gasteiger partial charge in [0.15, 0.2) is 0 Å². The molecular weight excluding hydrogens is 286 g/mol. The number of hydrogen-bond donors (Lipinski definition) is 1. The summed E-state index contributed by atoms with van der Waals surface area (Å²) in [6.07, 6.45) is 5.86. The lowest BCUT2D eigenvalue weighted by molar-refractivity contribution is 0.0980. The van der Waals surface area contributed by atoms with Crippen molar-refractivity contribution in [2.45, 2.75) is 43.8 Å². The Bertz CT molecular complexity index is 368. The Labute approximate surface area is 121 Å². The van der Waals surface area contributed by atoms with Gasteiger partial charge in [-0.1, -0.05) is 12.8 Å². The monoisotopic (exact) mass is 309 g/mol. The number of halogens is 1. The van der Waals surface area contributed by atoms with E-state index in [1.165, 1.54) is 12.8 Å². The first-order valence-corrected chi connectivity index (χ1v) is 9.33. The molecule has 2 rings (SSSR count). The largest absolute Gasteiger partial charge is 0.381 e. The van der Waals surface area contributed by atoms with Gasteiger partial charge in [0.25, 0.3) is 0 Å². The highest BCUT2D eigenvalue weighted by Crippen LogP contribution is 2.30. The molecule has 2 atom stereocenters. The average molecular weight is 310 g/mol. The van der Waals surface area contributed by atoms with Crippen LogP contribution >= 0.6 is 11.6 Å². The van der Waals surface area contributed by atoms with E-state index >= 15 is 0 Å². The Hall–Kier alpha value is 0.160. The van der Waals surface area contributed by atoms with Crippen molar-refractivity contribution < 1.29 is 13.2 Å². The van der Waals surface area contributed by atoms with Crippen molar-refractivity contribution in [3.63, 3.8) is 0 Å². The molecular formula is C13H24ClNO3S. The van der Waals surface area contributed by atoms with E-state index in [4.69, 9.17) is 16.3 Å². The molecule has 1 N–H and O–H groups in total. The number of ether oxygens (including phenoxy) is 1. The third-order valence-electron chi connectivity index (χ3n) is 4.42. The first-order valence-electron chi connectivity index (χ1n) is 7.25. The summed E-state index contributed by atoms with van der Waals surface area (Å²) >= 11 is 5.98. The predicted molar refractivity (Wildman–Crippen MR) is 76.9 cm³/mol. The average Bonchev–Trinajstić information content (AvgIpc) is 2.46. The van der Waals surface area contributed by atoms with Crippen molar-refractivity contribution in [2.75, 3.05) is 25.6 Å². The number of nitrogens with one attached hydrogen (secondary N) is 1. The molecule has 2 unspecified atom stereocenters.